The molecule has 1 aromatic heterocycles. The zero-order valence-corrected chi connectivity index (χ0v) is 11.7. The van der Waals surface area contributed by atoms with E-state index >= 15 is 0 Å². The van der Waals surface area contributed by atoms with Crippen LogP contribution < -0.4 is 5.32 Å². The van der Waals surface area contributed by atoms with Gasteiger partial charge in [0.25, 0.3) is 0 Å². The summed E-state index contributed by atoms with van der Waals surface area (Å²) in [6, 6.07) is 12.4. The Morgan fingerprint density at radius 3 is 2.85 bits per heavy atom. The van der Waals surface area contributed by atoms with Gasteiger partial charge in [-0.15, -0.1) is 0 Å². The molecular formula is C15H13ClFN3. The molecule has 5 heteroatoms. The zero-order valence-electron chi connectivity index (χ0n) is 10.9. The van der Waals surface area contributed by atoms with Gasteiger partial charge in [0.05, 0.1) is 17.8 Å². The minimum absolute atomic E-state index is 0.356. The second kappa shape index (κ2) is 5.13. The van der Waals surface area contributed by atoms with E-state index in [9.17, 15) is 4.39 Å². The zero-order chi connectivity index (χ0) is 14.1. The van der Waals surface area contributed by atoms with Crippen LogP contribution in [0.15, 0.2) is 42.5 Å². The molecule has 0 aliphatic heterocycles. The predicted molar refractivity (Wildman–Crippen MR) is 79.5 cm³/mol. The maximum atomic E-state index is 13.3. The molecule has 0 radical (unpaired) electrons. The van der Waals surface area contributed by atoms with Gasteiger partial charge < -0.3 is 5.32 Å². The van der Waals surface area contributed by atoms with E-state index in [1.165, 1.54) is 12.1 Å². The van der Waals surface area contributed by atoms with Crippen molar-refractivity contribution in [3.63, 3.8) is 0 Å². The number of benzene rings is 2. The minimum Gasteiger partial charge on any atom is -0.379 e. The van der Waals surface area contributed by atoms with Crippen molar-refractivity contribution in [2.24, 2.45) is 7.05 Å². The summed E-state index contributed by atoms with van der Waals surface area (Å²) in [4.78, 5) is 0. The van der Waals surface area contributed by atoms with Gasteiger partial charge in [-0.3, -0.25) is 4.68 Å². The van der Waals surface area contributed by atoms with Crippen LogP contribution in [-0.4, -0.2) is 9.78 Å². The average Bonchev–Trinajstić information content (AvgIpc) is 2.73. The van der Waals surface area contributed by atoms with Crippen LogP contribution in [0.2, 0.25) is 5.02 Å². The Bertz CT molecular complexity index is 747. The van der Waals surface area contributed by atoms with Crippen molar-refractivity contribution < 1.29 is 4.39 Å². The van der Waals surface area contributed by atoms with Crippen LogP contribution in [0.25, 0.3) is 10.9 Å². The summed E-state index contributed by atoms with van der Waals surface area (Å²) < 4.78 is 15.1. The van der Waals surface area contributed by atoms with Gasteiger partial charge >= 0.3 is 0 Å². The van der Waals surface area contributed by atoms with Crippen molar-refractivity contribution in [3.05, 3.63) is 59.0 Å². The van der Waals surface area contributed by atoms with Gasteiger partial charge in [-0.25, -0.2) is 4.39 Å². The normalized spacial score (nSPS) is 10.9. The number of anilines is 1. The van der Waals surface area contributed by atoms with Crippen LogP contribution in [0.3, 0.4) is 0 Å². The minimum atomic E-state index is -0.356. The molecule has 0 aliphatic carbocycles. The molecule has 3 aromatic rings. The molecule has 3 nitrogen and oxygen atoms in total. The highest BCUT2D eigenvalue weighted by molar-refractivity contribution is 6.30. The van der Waals surface area contributed by atoms with Crippen molar-refractivity contribution in [3.8, 4) is 0 Å². The number of para-hydroxylation sites is 1. The van der Waals surface area contributed by atoms with Crippen LogP contribution in [0, 0.1) is 5.82 Å². The molecule has 2 aromatic carbocycles. The van der Waals surface area contributed by atoms with Gasteiger partial charge in [0.2, 0.25) is 0 Å². The molecule has 0 amide bonds. The van der Waals surface area contributed by atoms with E-state index in [2.05, 4.69) is 10.4 Å². The highest BCUT2D eigenvalue weighted by Gasteiger charge is 2.07. The van der Waals surface area contributed by atoms with Gasteiger partial charge in [0.15, 0.2) is 0 Å². The van der Waals surface area contributed by atoms with Crippen molar-refractivity contribution in [2.45, 2.75) is 6.54 Å². The molecule has 0 atom stereocenters. The number of hydrogen-bond donors (Lipinski definition) is 1. The monoisotopic (exact) mass is 289 g/mol. The third-order valence-corrected chi connectivity index (χ3v) is 3.38. The number of hydrogen-bond acceptors (Lipinski definition) is 2. The van der Waals surface area contributed by atoms with E-state index in [0.717, 1.165) is 16.6 Å². The summed E-state index contributed by atoms with van der Waals surface area (Å²) in [5.74, 6) is -0.356. The SMILES string of the molecule is Cn1nc(CNc2cc(F)cc(Cl)c2)c2ccccc21. The van der Waals surface area contributed by atoms with Gasteiger partial charge in [0.1, 0.15) is 5.82 Å². The van der Waals surface area contributed by atoms with Crippen LogP contribution >= 0.6 is 11.6 Å². The molecule has 0 saturated carbocycles. The van der Waals surface area contributed by atoms with Gasteiger partial charge in [-0.1, -0.05) is 29.8 Å². The van der Waals surface area contributed by atoms with Crippen LogP contribution in [0.1, 0.15) is 5.69 Å². The fraction of sp³-hybridized carbons (Fsp3) is 0.133. The summed E-state index contributed by atoms with van der Waals surface area (Å²) in [5.41, 5.74) is 2.63. The first-order valence-electron chi connectivity index (χ1n) is 6.24. The Kier molecular flexibility index (Phi) is 3.32. The van der Waals surface area contributed by atoms with Gasteiger partial charge in [-0.2, -0.15) is 5.10 Å². The lowest BCUT2D eigenvalue weighted by Gasteiger charge is -2.05. The summed E-state index contributed by atoms with van der Waals surface area (Å²) >= 11 is 5.83. The molecule has 1 N–H and O–H groups in total. The smallest absolute Gasteiger partial charge is 0.126 e. The second-order valence-electron chi connectivity index (χ2n) is 4.60. The number of nitrogens with one attached hydrogen (secondary N) is 1. The maximum absolute atomic E-state index is 13.3. The van der Waals surface area contributed by atoms with E-state index in [1.807, 2.05) is 36.0 Å². The number of aryl methyl sites for hydroxylation is 1. The quantitative estimate of drug-likeness (QED) is 0.790. The molecule has 0 unspecified atom stereocenters. The first kappa shape index (κ1) is 12.9. The summed E-state index contributed by atoms with van der Waals surface area (Å²) in [5, 5.41) is 9.09. The van der Waals surface area contributed by atoms with E-state index in [4.69, 9.17) is 11.6 Å². The standard InChI is InChI=1S/C15H13ClFN3/c1-20-15-5-3-2-4-13(15)14(19-20)9-18-12-7-10(16)6-11(17)8-12/h2-8,18H,9H2,1H3. The van der Waals surface area contributed by atoms with Crippen LogP contribution in [0.5, 0.6) is 0 Å². The second-order valence-corrected chi connectivity index (χ2v) is 5.04. The van der Waals surface area contributed by atoms with Crippen LogP contribution in [0.4, 0.5) is 10.1 Å². The Morgan fingerprint density at radius 1 is 1.25 bits per heavy atom. The van der Waals surface area contributed by atoms with Crippen molar-refractivity contribution in [2.75, 3.05) is 5.32 Å². The molecule has 3 rings (SSSR count). The van der Waals surface area contributed by atoms with E-state index in [-0.39, 0.29) is 5.82 Å². The lowest BCUT2D eigenvalue weighted by atomic mass is 10.2. The van der Waals surface area contributed by atoms with Crippen LogP contribution in [-0.2, 0) is 13.6 Å². The maximum Gasteiger partial charge on any atom is 0.126 e. The van der Waals surface area contributed by atoms with Gasteiger partial charge in [0, 0.05) is 23.1 Å². The molecule has 0 spiro atoms. The molecule has 20 heavy (non-hydrogen) atoms. The summed E-state index contributed by atoms with van der Waals surface area (Å²) in [6.07, 6.45) is 0. The molecule has 0 saturated heterocycles. The highest BCUT2D eigenvalue weighted by Crippen LogP contribution is 2.21. The number of nitrogens with zero attached hydrogens (tertiary/aromatic N) is 2. The Morgan fingerprint density at radius 2 is 2.05 bits per heavy atom. The van der Waals surface area contributed by atoms with Gasteiger partial charge in [-0.05, 0) is 24.3 Å². The molecule has 1 heterocycles. The Hall–Kier alpha value is -2.07. The topological polar surface area (TPSA) is 29.9 Å². The first-order valence-corrected chi connectivity index (χ1v) is 6.62. The third kappa shape index (κ3) is 2.47. The predicted octanol–water partition coefficient (Wildman–Crippen LogP) is 3.98. The fourth-order valence-corrected chi connectivity index (χ4v) is 2.48. The van der Waals surface area contributed by atoms with Crippen molar-refractivity contribution in [1.29, 1.82) is 0 Å². The first-order chi connectivity index (χ1) is 9.63. The van der Waals surface area contributed by atoms with Crippen molar-refractivity contribution >= 4 is 28.2 Å². The third-order valence-electron chi connectivity index (χ3n) is 3.16. The highest BCUT2D eigenvalue weighted by atomic mass is 35.5. The lowest BCUT2D eigenvalue weighted by molar-refractivity contribution is 0.628. The molecule has 0 aliphatic rings. The number of aromatic nitrogens is 2. The average molecular weight is 290 g/mol. The summed E-state index contributed by atoms with van der Waals surface area (Å²) in [6.45, 7) is 0.515. The fourth-order valence-electron chi connectivity index (χ4n) is 2.26. The Balaban J connectivity index is 1.87. The number of halogens is 2. The van der Waals surface area contributed by atoms with E-state index in [0.29, 0.717) is 17.3 Å². The van der Waals surface area contributed by atoms with E-state index in [1.54, 1.807) is 6.07 Å². The largest absolute Gasteiger partial charge is 0.379 e. The summed E-state index contributed by atoms with van der Waals surface area (Å²) in [7, 11) is 1.91. The van der Waals surface area contributed by atoms with E-state index < -0.39 is 0 Å². The lowest BCUT2D eigenvalue weighted by Crippen LogP contribution is -2.01. The number of rotatable bonds is 3. The number of fused-ring (bicyclic) bond motifs is 1. The van der Waals surface area contributed by atoms with Crippen molar-refractivity contribution in [1.82, 2.24) is 9.78 Å². The molecular weight excluding hydrogens is 277 g/mol. The molecule has 102 valence electrons. The molecule has 0 fully saturated rings. The molecule has 0 bridgehead atoms. The Labute approximate surface area is 121 Å².